The fourth-order valence-corrected chi connectivity index (χ4v) is 1.15. The van der Waals surface area contributed by atoms with Crippen LogP contribution in [0.2, 0.25) is 0 Å². The maximum Gasteiger partial charge on any atom is 0.0524 e. The molecule has 0 heterocycles. The Morgan fingerprint density at radius 1 is 1.31 bits per heavy atom. The van der Waals surface area contributed by atoms with E-state index in [0.29, 0.717) is 0 Å². The monoisotopic (exact) mass is 185 g/mol. The van der Waals surface area contributed by atoms with Crippen molar-refractivity contribution in [3.63, 3.8) is 0 Å². The Balaban J connectivity index is 2.87. The predicted octanol–water partition coefficient (Wildman–Crippen LogP) is 2.09. The third-order valence-corrected chi connectivity index (χ3v) is 2.00. The molecule has 0 rings (SSSR count). The lowest BCUT2D eigenvalue weighted by Crippen LogP contribution is -2.20. The van der Waals surface area contributed by atoms with Gasteiger partial charge in [-0.3, -0.25) is 0 Å². The summed E-state index contributed by atoms with van der Waals surface area (Å²) in [4.78, 5) is 0. The molecule has 0 aliphatic carbocycles. The highest BCUT2D eigenvalue weighted by Crippen LogP contribution is 1.98. The van der Waals surface area contributed by atoms with Gasteiger partial charge >= 0.3 is 0 Å². The van der Waals surface area contributed by atoms with Gasteiger partial charge in [0.25, 0.3) is 0 Å². The lowest BCUT2D eigenvalue weighted by Gasteiger charge is -2.05. The van der Waals surface area contributed by atoms with Crippen molar-refractivity contribution in [1.29, 1.82) is 0 Å². The van der Waals surface area contributed by atoms with Crippen molar-refractivity contribution in [3.8, 4) is 0 Å². The van der Waals surface area contributed by atoms with Crippen molar-refractivity contribution in [2.75, 3.05) is 13.1 Å². The van der Waals surface area contributed by atoms with E-state index < -0.39 is 0 Å². The zero-order valence-electron chi connectivity index (χ0n) is 8.76. The SMILES string of the molecule is C=CCCCCCNCCC(C)O. The minimum atomic E-state index is -0.173. The summed E-state index contributed by atoms with van der Waals surface area (Å²) in [5.74, 6) is 0. The van der Waals surface area contributed by atoms with Gasteiger partial charge in [-0.1, -0.05) is 12.5 Å². The Kier molecular flexibility index (Phi) is 9.49. The van der Waals surface area contributed by atoms with Crippen LogP contribution in [-0.2, 0) is 0 Å². The van der Waals surface area contributed by atoms with Crippen molar-refractivity contribution < 1.29 is 5.11 Å². The van der Waals surface area contributed by atoms with Crippen LogP contribution >= 0.6 is 0 Å². The number of allylic oxidation sites excluding steroid dienone is 1. The van der Waals surface area contributed by atoms with Gasteiger partial charge in [0.05, 0.1) is 6.10 Å². The van der Waals surface area contributed by atoms with E-state index in [0.717, 1.165) is 25.9 Å². The average Bonchev–Trinajstić information content (AvgIpc) is 2.09. The summed E-state index contributed by atoms with van der Waals surface area (Å²) in [6.45, 7) is 7.51. The quantitative estimate of drug-likeness (QED) is 0.426. The normalized spacial score (nSPS) is 12.8. The first-order valence-corrected chi connectivity index (χ1v) is 5.27. The van der Waals surface area contributed by atoms with E-state index in [4.69, 9.17) is 5.11 Å². The Hall–Kier alpha value is -0.340. The maximum atomic E-state index is 8.97. The topological polar surface area (TPSA) is 32.3 Å². The molecule has 78 valence electrons. The lowest BCUT2D eigenvalue weighted by molar-refractivity contribution is 0.184. The summed E-state index contributed by atoms with van der Waals surface area (Å²) < 4.78 is 0. The summed E-state index contributed by atoms with van der Waals surface area (Å²) in [5.41, 5.74) is 0. The van der Waals surface area contributed by atoms with E-state index in [2.05, 4.69) is 11.9 Å². The number of nitrogens with one attached hydrogen (secondary N) is 1. The molecule has 0 amide bonds. The molecule has 0 bridgehead atoms. The highest BCUT2D eigenvalue weighted by molar-refractivity contribution is 4.65. The van der Waals surface area contributed by atoms with Crippen molar-refractivity contribution in [2.45, 2.75) is 45.1 Å². The Labute approximate surface area is 82.0 Å². The van der Waals surface area contributed by atoms with Gasteiger partial charge in [0.2, 0.25) is 0 Å². The van der Waals surface area contributed by atoms with Crippen molar-refractivity contribution in [2.24, 2.45) is 0 Å². The van der Waals surface area contributed by atoms with Crippen LogP contribution in [0.15, 0.2) is 12.7 Å². The van der Waals surface area contributed by atoms with Crippen molar-refractivity contribution in [1.82, 2.24) is 5.32 Å². The Bertz CT molecular complexity index is 113. The van der Waals surface area contributed by atoms with Gasteiger partial charge in [-0.25, -0.2) is 0 Å². The van der Waals surface area contributed by atoms with E-state index in [-0.39, 0.29) is 6.10 Å². The number of hydrogen-bond donors (Lipinski definition) is 2. The van der Waals surface area contributed by atoms with Crippen molar-refractivity contribution >= 4 is 0 Å². The van der Waals surface area contributed by atoms with Crippen LogP contribution in [0.4, 0.5) is 0 Å². The number of rotatable bonds is 9. The first-order chi connectivity index (χ1) is 6.27. The number of unbranched alkanes of at least 4 members (excludes halogenated alkanes) is 3. The predicted molar refractivity (Wildman–Crippen MR) is 57.8 cm³/mol. The summed E-state index contributed by atoms with van der Waals surface area (Å²) in [6.07, 6.45) is 7.54. The Morgan fingerprint density at radius 3 is 2.69 bits per heavy atom. The third kappa shape index (κ3) is 11.7. The fraction of sp³-hybridized carbons (Fsp3) is 0.818. The van der Waals surface area contributed by atoms with Gasteiger partial charge in [-0.2, -0.15) is 0 Å². The maximum absolute atomic E-state index is 8.97. The zero-order chi connectivity index (χ0) is 9.94. The van der Waals surface area contributed by atoms with E-state index >= 15 is 0 Å². The first-order valence-electron chi connectivity index (χ1n) is 5.27. The highest BCUT2D eigenvalue weighted by Gasteiger charge is 1.93. The molecule has 0 spiro atoms. The second-order valence-corrected chi connectivity index (χ2v) is 3.53. The molecule has 1 atom stereocenters. The fourth-order valence-electron chi connectivity index (χ4n) is 1.15. The molecule has 0 aliphatic heterocycles. The molecular formula is C11H23NO. The smallest absolute Gasteiger partial charge is 0.0524 e. The summed E-state index contributed by atoms with van der Waals surface area (Å²) >= 11 is 0. The van der Waals surface area contributed by atoms with E-state index in [1.807, 2.05) is 13.0 Å². The molecule has 13 heavy (non-hydrogen) atoms. The Morgan fingerprint density at radius 2 is 2.08 bits per heavy atom. The van der Waals surface area contributed by atoms with Gasteiger partial charge in [0.15, 0.2) is 0 Å². The van der Waals surface area contributed by atoms with Gasteiger partial charge in [-0.05, 0) is 45.7 Å². The third-order valence-electron chi connectivity index (χ3n) is 2.00. The molecule has 2 heteroatoms. The lowest BCUT2D eigenvalue weighted by atomic mass is 10.2. The van der Waals surface area contributed by atoms with Crippen LogP contribution in [-0.4, -0.2) is 24.3 Å². The first kappa shape index (κ1) is 12.7. The standard InChI is InChI=1S/C11H23NO/c1-3-4-5-6-7-9-12-10-8-11(2)13/h3,11-13H,1,4-10H2,2H3. The summed E-state index contributed by atoms with van der Waals surface area (Å²) in [5, 5.41) is 12.3. The molecule has 2 N–H and O–H groups in total. The van der Waals surface area contributed by atoms with Crippen LogP contribution < -0.4 is 5.32 Å². The highest BCUT2D eigenvalue weighted by atomic mass is 16.3. The second kappa shape index (κ2) is 9.75. The minimum Gasteiger partial charge on any atom is -0.393 e. The molecule has 1 unspecified atom stereocenters. The summed E-state index contributed by atoms with van der Waals surface area (Å²) in [6, 6.07) is 0. The molecule has 0 aromatic carbocycles. The number of aliphatic hydroxyl groups excluding tert-OH is 1. The molecule has 0 saturated carbocycles. The van der Waals surface area contributed by atoms with Gasteiger partial charge < -0.3 is 10.4 Å². The van der Waals surface area contributed by atoms with E-state index in [9.17, 15) is 0 Å². The van der Waals surface area contributed by atoms with Gasteiger partial charge in [0, 0.05) is 0 Å². The molecule has 0 radical (unpaired) electrons. The molecule has 0 saturated heterocycles. The van der Waals surface area contributed by atoms with Crippen LogP contribution in [0.5, 0.6) is 0 Å². The molecule has 2 nitrogen and oxygen atoms in total. The number of aliphatic hydroxyl groups is 1. The average molecular weight is 185 g/mol. The van der Waals surface area contributed by atoms with E-state index in [1.165, 1.54) is 19.3 Å². The second-order valence-electron chi connectivity index (χ2n) is 3.53. The molecule has 0 aromatic rings. The van der Waals surface area contributed by atoms with Gasteiger partial charge in [-0.15, -0.1) is 6.58 Å². The minimum absolute atomic E-state index is 0.173. The molecule has 0 aromatic heterocycles. The van der Waals surface area contributed by atoms with Gasteiger partial charge in [0.1, 0.15) is 0 Å². The van der Waals surface area contributed by atoms with Crippen molar-refractivity contribution in [3.05, 3.63) is 12.7 Å². The molecule has 0 fully saturated rings. The van der Waals surface area contributed by atoms with Crippen LogP contribution in [0.3, 0.4) is 0 Å². The summed E-state index contributed by atoms with van der Waals surface area (Å²) in [7, 11) is 0. The molecular weight excluding hydrogens is 162 g/mol. The number of hydrogen-bond acceptors (Lipinski definition) is 2. The van der Waals surface area contributed by atoms with Crippen LogP contribution in [0.25, 0.3) is 0 Å². The van der Waals surface area contributed by atoms with Crippen LogP contribution in [0.1, 0.15) is 39.0 Å². The van der Waals surface area contributed by atoms with Crippen LogP contribution in [0, 0.1) is 0 Å². The van der Waals surface area contributed by atoms with E-state index in [1.54, 1.807) is 0 Å². The zero-order valence-corrected chi connectivity index (χ0v) is 8.76. The largest absolute Gasteiger partial charge is 0.393 e. The molecule has 0 aliphatic rings.